The highest BCUT2D eigenvalue weighted by molar-refractivity contribution is 5.34. The van der Waals surface area contributed by atoms with E-state index in [-0.39, 0.29) is 5.54 Å². The molecule has 0 spiro atoms. The van der Waals surface area contributed by atoms with Crippen molar-refractivity contribution in [3.05, 3.63) is 29.8 Å². The Morgan fingerprint density at radius 3 is 2.80 bits per heavy atom. The summed E-state index contributed by atoms with van der Waals surface area (Å²) in [6.07, 6.45) is 2.48. The van der Waals surface area contributed by atoms with Gasteiger partial charge < -0.3 is 10.5 Å². The van der Waals surface area contributed by atoms with Crippen LogP contribution < -0.4 is 10.5 Å². The molecule has 0 aromatic heterocycles. The predicted molar refractivity (Wildman–Crippen MR) is 81.7 cm³/mol. The second-order valence-corrected chi connectivity index (χ2v) is 6.72. The van der Waals surface area contributed by atoms with E-state index in [0.29, 0.717) is 0 Å². The summed E-state index contributed by atoms with van der Waals surface area (Å²) in [7, 11) is 0. The van der Waals surface area contributed by atoms with Gasteiger partial charge in [-0.3, -0.25) is 4.90 Å². The number of hydrogen-bond donors (Lipinski definition) is 1. The van der Waals surface area contributed by atoms with Crippen molar-refractivity contribution < 1.29 is 4.74 Å². The Balaban J connectivity index is 1.77. The molecule has 0 saturated heterocycles. The van der Waals surface area contributed by atoms with E-state index in [0.717, 1.165) is 43.8 Å². The lowest BCUT2D eigenvalue weighted by molar-refractivity contribution is -0.0418. The molecule has 1 aromatic carbocycles. The van der Waals surface area contributed by atoms with Gasteiger partial charge in [-0.25, -0.2) is 0 Å². The van der Waals surface area contributed by atoms with Crippen LogP contribution in [0.3, 0.4) is 0 Å². The molecule has 3 nitrogen and oxygen atoms in total. The Kier molecular flexibility index (Phi) is 3.74. The number of para-hydroxylation sites is 1. The average Bonchev–Trinajstić information content (AvgIpc) is 2.60. The summed E-state index contributed by atoms with van der Waals surface area (Å²) in [5.74, 6) is 2.64. The molecule has 1 saturated carbocycles. The van der Waals surface area contributed by atoms with Crippen LogP contribution in [0.2, 0.25) is 0 Å². The van der Waals surface area contributed by atoms with E-state index >= 15 is 0 Å². The minimum atomic E-state index is 0.204. The van der Waals surface area contributed by atoms with Crippen LogP contribution in [0.15, 0.2) is 24.3 Å². The zero-order chi connectivity index (χ0) is 14.2. The van der Waals surface area contributed by atoms with Gasteiger partial charge in [0.15, 0.2) is 0 Å². The Morgan fingerprint density at radius 1 is 1.35 bits per heavy atom. The molecular formula is C17H26N2O. The highest BCUT2D eigenvalue weighted by atomic mass is 16.5. The molecule has 3 rings (SSSR count). The molecule has 20 heavy (non-hydrogen) atoms. The van der Waals surface area contributed by atoms with Crippen molar-refractivity contribution in [2.24, 2.45) is 17.6 Å². The molecule has 0 amide bonds. The van der Waals surface area contributed by atoms with Crippen LogP contribution in [0.4, 0.5) is 0 Å². The van der Waals surface area contributed by atoms with Gasteiger partial charge in [-0.15, -0.1) is 0 Å². The van der Waals surface area contributed by atoms with Gasteiger partial charge in [-0.2, -0.15) is 0 Å². The van der Waals surface area contributed by atoms with Crippen LogP contribution >= 0.6 is 0 Å². The van der Waals surface area contributed by atoms with Gasteiger partial charge in [0.2, 0.25) is 0 Å². The van der Waals surface area contributed by atoms with E-state index < -0.39 is 0 Å². The second kappa shape index (κ2) is 5.38. The van der Waals surface area contributed by atoms with Gasteiger partial charge >= 0.3 is 0 Å². The molecule has 3 heteroatoms. The molecule has 0 atom stereocenters. The molecule has 1 aromatic rings. The number of ether oxygens (including phenoxy) is 1. The molecule has 1 aliphatic carbocycles. The monoisotopic (exact) mass is 274 g/mol. The molecular weight excluding hydrogens is 248 g/mol. The highest BCUT2D eigenvalue weighted by Crippen LogP contribution is 2.46. The van der Waals surface area contributed by atoms with Gasteiger partial charge in [0, 0.05) is 30.7 Å². The summed E-state index contributed by atoms with van der Waals surface area (Å²) in [4.78, 5) is 2.57. The number of nitrogens with two attached hydrogens (primary N) is 1. The zero-order valence-electron chi connectivity index (χ0n) is 12.6. The lowest BCUT2D eigenvalue weighted by Gasteiger charge is -2.55. The first-order chi connectivity index (χ1) is 9.64. The molecule has 0 bridgehead atoms. The fraction of sp³-hybridized carbons (Fsp3) is 0.647. The first kappa shape index (κ1) is 13.9. The quantitative estimate of drug-likeness (QED) is 0.921. The van der Waals surface area contributed by atoms with E-state index in [1.54, 1.807) is 0 Å². The number of hydrogen-bond acceptors (Lipinski definition) is 3. The van der Waals surface area contributed by atoms with Gasteiger partial charge in [0.25, 0.3) is 0 Å². The van der Waals surface area contributed by atoms with Crippen LogP contribution in [0, 0.1) is 11.8 Å². The van der Waals surface area contributed by atoms with E-state index in [2.05, 4.69) is 36.9 Å². The van der Waals surface area contributed by atoms with Crippen LogP contribution in [-0.4, -0.2) is 30.1 Å². The van der Waals surface area contributed by atoms with Crippen LogP contribution in [0.1, 0.15) is 32.3 Å². The molecule has 0 unspecified atom stereocenters. The maximum Gasteiger partial charge on any atom is 0.123 e. The molecule has 1 aliphatic heterocycles. The van der Waals surface area contributed by atoms with Gasteiger partial charge in [-0.1, -0.05) is 32.0 Å². The number of benzene rings is 1. The van der Waals surface area contributed by atoms with E-state index in [1.807, 2.05) is 6.07 Å². The summed E-state index contributed by atoms with van der Waals surface area (Å²) in [6.45, 7) is 8.14. The Morgan fingerprint density at radius 2 is 2.10 bits per heavy atom. The summed E-state index contributed by atoms with van der Waals surface area (Å²) in [5, 5.41) is 0. The molecule has 110 valence electrons. The van der Waals surface area contributed by atoms with Crippen molar-refractivity contribution in [1.29, 1.82) is 0 Å². The smallest absolute Gasteiger partial charge is 0.123 e. The van der Waals surface area contributed by atoms with Crippen molar-refractivity contribution in [3.8, 4) is 5.75 Å². The SMILES string of the molecule is CC(C)C1CC(CN)(N2CCOc3ccccc3C2)C1. The van der Waals surface area contributed by atoms with Crippen molar-refractivity contribution in [2.75, 3.05) is 19.7 Å². The Hall–Kier alpha value is -1.06. The third-order valence-corrected chi connectivity index (χ3v) is 5.23. The number of fused-ring (bicyclic) bond motifs is 1. The molecule has 1 fully saturated rings. The average molecular weight is 274 g/mol. The minimum Gasteiger partial charge on any atom is -0.492 e. The van der Waals surface area contributed by atoms with E-state index in [9.17, 15) is 0 Å². The Bertz CT molecular complexity index is 466. The summed E-state index contributed by atoms with van der Waals surface area (Å²) in [5.41, 5.74) is 7.65. The van der Waals surface area contributed by atoms with Crippen LogP contribution in [-0.2, 0) is 6.54 Å². The van der Waals surface area contributed by atoms with Crippen molar-refractivity contribution in [2.45, 2.75) is 38.8 Å². The van der Waals surface area contributed by atoms with Gasteiger partial charge in [0.1, 0.15) is 12.4 Å². The number of rotatable bonds is 3. The summed E-state index contributed by atoms with van der Waals surface area (Å²) in [6, 6.07) is 8.39. The highest BCUT2D eigenvalue weighted by Gasteiger charge is 2.48. The Labute approximate surface area is 122 Å². The lowest BCUT2D eigenvalue weighted by Crippen LogP contribution is -2.62. The maximum absolute atomic E-state index is 6.15. The van der Waals surface area contributed by atoms with Crippen LogP contribution in [0.5, 0.6) is 5.75 Å². The fourth-order valence-electron chi connectivity index (χ4n) is 3.67. The maximum atomic E-state index is 6.15. The van der Waals surface area contributed by atoms with Crippen molar-refractivity contribution in [1.82, 2.24) is 4.90 Å². The van der Waals surface area contributed by atoms with Gasteiger partial charge in [0.05, 0.1) is 0 Å². The largest absolute Gasteiger partial charge is 0.492 e. The second-order valence-electron chi connectivity index (χ2n) is 6.72. The zero-order valence-corrected chi connectivity index (χ0v) is 12.6. The van der Waals surface area contributed by atoms with Gasteiger partial charge in [-0.05, 0) is 30.7 Å². The molecule has 1 heterocycles. The third-order valence-electron chi connectivity index (χ3n) is 5.23. The topological polar surface area (TPSA) is 38.5 Å². The predicted octanol–water partition coefficient (Wildman–Crippen LogP) is 2.64. The number of nitrogens with zero attached hydrogens (tertiary/aromatic N) is 1. The third kappa shape index (κ3) is 2.33. The van der Waals surface area contributed by atoms with Crippen molar-refractivity contribution in [3.63, 3.8) is 0 Å². The van der Waals surface area contributed by atoms with E-state index in [4.69, 9.17) is 10.5 Å². The molecule has 2 N–H and O–H groups in total. The lowest BCUT2D eigenvalue weighted by atomic mass is 9.63. The first-order valence-electron chi connectivity index (χ1n) is 7.80. The molecule has 0 radical (unpaired) electrons. The first-order valence-corrected chi connectivity index (χ1v) is 7.80. The fourth-order valence-corrected chi connectivity index (χ4v) is 3.67. The minimum absolute atomic E-state index is 0.204. The van der Waals surface area contributed by atoms with Crippen molar-refractivity contribution >= 4 is 0 Å². The molecule has 2 aliphatic rings. The standard InChI is InChI=1S/C17H26N2O/c1-13(2)15-9-17(10-15,12-18)19-7-8-20-16-6-4-3-5-14(16)11-19/h3-6,13,15H,7-12,18H2,1-2H3. The van der Waals surface area contributed by atoms with Crippen LogP contribution in [0.25, 0.3) is 0 Å². The normalized spacial score (nSPS) is 30.3. The summed E-state index contributed by atoms with van der Waals surface area (Å²) < 4.78 is 5.88. The summed E-state index contributed by atoms with van der Waals surface area (Å²) >= 11 is 0. The van der Waals surface area contributed by atoms with E-state index in [1.165, 1.54) is 18.4 Å².